The Morgan fingerprint density at radius 1 is 1.38 bits per heavy atom. The van der Waals surface area contributed by atoms with Gasteiger partial charge in [-0.3, -0.25) is 0 Å². The molecule has 0 amide bonds. The molecule has 0 aliphatic heterocycles. The Hall–Kier alpha value is -2.06. The average Bonchev–Trinajstić information content (AvgIpc) is 2.72. The van der Waals surface area contributed by atoms with Gasteiger partial charge in [0.05, 0.1) is 7.11 Å². The van der Waals surface area contributed by atoms with Gasteiger partial charge in [0, 0.05) is 5.69 Å². The number of para-hydroxylation sites is 1. The van der Waals surface area contributed by atoms with Gasteiger partial charge in [-0.05, 0) is 23.7 Å². The van der Waals surface area contributed by atoms with Gasteiger partial charge in [-0.15, -0.1) is 0 Å². The molecule has 16 heavy (non-hydrogen) atoms. The van der Waals surface area contributed by atoms with Crippen LogP contribution in [-0.4, -0.2) is 11.5 Å². The van der Waals surface area contributed by atoms with Crippen molar-refractivity contribution in [2.24, 2.45) is 0 Å². The molecule has 1 heterocycles. The van der Waals surface area contributed by atoms with Crippen LogP contribution in [0.5, 0.6) is 5.88 Å². The van der Waals surface area contributed by atoms with E-state index in [4.69, 9.17) is 10.00 Å². The fourth-order valence-corrected chi connectivity index (χ4v) is 1.98. The van der Waals surface area contributed by atoms with Gasteiger partial charge in [0.25, 0.3) is 0 Å². The van der Waals surface area contributed by atoms with Gasteiger partial charge in [-0.1, -0.05) is 18.2 Å². The second-order valence-corrected chi connectivity index (χ2v) is 3.77. The molecule has 0 saturated heterocycles. The minimum atomic E-state index is 0.367. The molecule has 0 radical (unpaired) electrons. The molecule has 2 aromatic rings. The first-order valence-corrected chi connectivity index (χ1v) is 5.38. The van der Waals surface area contributed by atoms with E-state index in [1.165, 1.54) is 18.6 Å². The second-order valence-electron chi connectivity index (χ2n) is 3.00. The van der Waals surface area contributed by atoms with Gasteiger partial charge < -0.3 is 10.1 Å². The number of methoxy groups -OCH3 is 1. The standard InChI is InChI=1S/C11H9N3OS/c1-15-10-9(7-12)11(16-14-10)13-8-5-3-2-4-6-8/h2-6,13H,1H3. The van der Waals surface area contributed by atoms with Gasteiger partial charge in [0.2, 0.25) is 5.88 Å². The van der Waals surface area contributed by atoms with Crippen molar-refractivity contribution < 1.29 is 4.74 Å². The number of anilines is 2. The topological polar surface area (TPSA) is 57.9 Å². The summed E-state index contributed by atoms with van der Waals surface area (Å²) in [5.41, 5.74) is 1.36. The molecule has 0 aliphatic carbocycles. The smallest absolute Gasteiger partial charge is 0.245 e. The lowest BCUT2D eigenvalue weighted by atomic mass is 10.3. The lowest BCUT2D eigenvalue weighted by molar-refractivity contribution is 0.401. The number of nitriles is 1. The van der Waals surface area contributed by atoms with Gasteiger partial charge in [-0.25, -0.2) is 0 Å². The van der Waals surface area contributed by atoms with E-state index >= 15 is 0 Å². The van der Waals surface area contributed by atoms with E-state index in [1.807, 2.05) is 30.3 Å². The highest BCUT2D eigenvalue weighted by Gasteiger charge is 2.13. The van der Waals surface area contributed by atoms with E-state index < -0.39 is 0 Å². The largest absolute Gasteiger partial charge is 0.479 e. The molecule has 0 fully saturated rings. The van der Waals surface area contributed by atoms with Gasteiger partial charge >= 0.3 is 0 Å². The highest BCUT2D eigenvalue weighted by molar-refractivity contribution is 7.10. The van der Waals surface area contributed by atoms with Crippen LogP contribution >= 0.6 is 11.5 Å². The zero-order valence-corrected chi connectivity index (χ0v) is 9.41. The Morgan fingerprint density at radius 2 is 2.12 bits per heavy atom. The van der Waals surface area contributed by atoms with Crippen LogP contribution in [0, 0.1) is 11.3 Å². The van der Waals surface area contributed by atoms with Crippen LogP contribution in [-0.2, 0) is 0 Å². The molecule has 0 spiro atoms. The summed E-state index contributed by atoms with van der Waals surface area (Å²) < 4.78 is 9.03. The van der Waals surface area contributed by atoms with Crippen molar-refractivity contribution in [3.63, 3.8) is 0 Å². The fourth-order valence-electron chi connectivity index (χ4n) is 1.25. The summed E-state index contributed by atoms with van der Waals surface area (Å²) in [5, 5.41) is 12.8. The normalized spacial score (nSPS) is 9.50. The number of benzene rings is 1. The zero-order chi connectivity index (χ0) is 11.4. The quantitative estimate of drug-likeness (QED) is 0.882. The van der Waals surface area contributed by atoms with E-state index in [2.05, 4.69) is 15.8 Å². The Bertz CT molecular complexity index is 516. The number of rotatable bonds is 3. The van der Waals surface area contributed by atoms with Crippen molar-refractivity contribution in [3.05, 3.63) is 35.9 Å². The molecule has 0 bridgehead atoms. The minimum absolute atomic E-state index is 0.367. The summed E-state index contributed by atoms with van der Waals surface area (Å²) in [4.78, 5) is 0. The van der Waals surface area contributed by atoms with Crippen molar-refractivity contribution in [2.45, 2.75) is 0 Å². The minimum Gasteiger partial charge on any atom is -0.479 e. The summed E-state index contributed by atoms with van der Waals surface area (Å²) in [6.07, 6.45) is 0. The zero-order valence-electron chi connectivity index (χ0n) is 8.60. The molecule has 0 saturated carbocycles. The van der Waals surface area contributed by atoms with E-state index in [-0.39, 0.29) is 0 Å². The number of aromatic nitrogens is 1. The van der Waals surface area contributed by atoms with Crippen LogP contribution in [0.3, 0.4) is 0 Å². The Balaban J connectivity index is 2.29. The summed E-state index contributed by atoms with van der Waals surface area (Å²) >= 11 is 1.21. The second kappa shape index (κ2) is 4.64. The first-order valence-electron chi connectivity index (χ1n) is 4.61. The Morgan fingerprint density at radius 3 is 2.75 bits per heavy atom. The molecule has 5 heteroatoms. The molecule has 0 atom stereocenters. The predicted molar refractivity (Wildman–Crippen MR) is 63.1 cm³/mol. The number of ether oxygens (including phenoxy) is 1. The average molecular weight is 231 g/mol. The molecular weight excluding hydrogens is 222 g/mol. The first-order chi connectivity index (χ1) is 7.85. The maximum Gasteiger partial charge on any atom is 0.245 e. The van der Waals surface area contributed by atoms with Crippen molar-refractivity contribution in [1.82, 2.24) is 4.37 Å². The van der Waals surface area contributed by atoms with Crippen LogP contribution in [0.2, 0.25) is 0 Å². The van der Waals surface area contributed by atoms with Crippen molar-refractivity contribution in [1.29, 1.82) is 5.26 Å². The monoisotopic (exact) mass is 231 g/mol. The first kappa shape index (κ1) is 10.5. The van der Waals surface area contributed by atoms with Gasteiger partial charge in [-0.2, -0.15) is 9.64 Å². The molecule has 4 nitrogen and oxygen atoms in total. The molecule has 1 aromatic carbocycles. The fraction of sp³-hybridized carbons (Fsp3) is 0.0909. The van der Waals surface area contributed by atoms with Crippen LogP contribution in [0.4, 0.5) is 10.7 Å². The van der Waals surface area contributed by atoms with Gasteiger partial charge in [0.15, 0.2) is 5.56 Å². The maximum absolute atomic E-state index is 8.99. The van der Waals surface area contributed by atoms with E-state index in [9.17, 15) is 0 Å². The van der Waals surface area contributed by atoms with E-state index in [1.54, 1.807) is 0 Å². The van der Waals surface area contributed by atoms with Crippen LogP contribution in [0.15, 0.2) is 30.3 Å². The molecule has 80 valence electrons. The van der Waals surface area contributed by atoms with Crippen LogP contribution in [0.1, 0.15) is 5.56 Å². The molecule has 1 aromatic heterocycles. The third-order valence-corrected chi connectivity index (χ3v) is 2.74. The third-order valence-electron chi connectivity index (χ3n) is 2.00. The highest BCUT2D eigenvalue weighted by Crippen LogP contribution is 2.31. The molecule has 0 aliphatic rings. The summed E-state index contributed by atoms with van der Waals surface area (Å²) in [5.74, 6) is 0.367. The van der Waals surface area contributed by atoms with E-state index in [0.717, 1.165) is 5.69 Å². The number of hydrogen-bond donors (Lipinski definition) is 1. The third kappa shape index (κ3) is 1.97. The highest BCUT2D eigenvalue weighted by atomic mass is 32.1. The van der Waals surface area contributed by atoms with Gasteiger partial charge in [0.1, 0.15) is 11.1 Å². The van der Waals surface area contributed by atoms with Crippen LogP contribution in [0.25, 0.3) is 0 Å². The summed E-state index contributed by atoms with van der Waals surface area (Å²) in [7, 11) is 1.50. The number of nitrogens with one attached hydrogen (secondary N) is 1. The Kier molecular flexibility index (Phi) is 3.03. The molecule has 1 N–H and O–H groups in total. The van der Waals surface area contributed by atoms with Crippen LogP contribution < -0.4 is 10.1 Å². The lowest BCUT2D eigenvalue weighted by Crippen LogP contribution is -1.90. The number of hydrogen-bond acceptors (Lipinski definition) is 5. The molecular formula is C11H9N3OS. The maximum atomic E-state index is 8.99. The summed E-state index contributed by atoms with van der Waals surface area (Å²) in [6, 6.07) is 11.7. The SMILES string of the molecule is COc1nsc(Nc2ccccc2)c1C#N. The van der Waals surface area contributed by atoms with Crippen molar-refractivity contribution >= 4 is 22.2 Å². The number of nitrogens with zero attached hydrogens (tertiary/aromatic N) is 2. The molecule has 2 rings (SSSR count). The lowest BCUT2D eigenvalue weighted by Gasteiger charge is -2.02. The molecule has 0 unspecified atom stereocenters. The Labute approximate surface area is 97.3 Å². The predicted octanol–water partition coefficient (Wildman–Crippen LogP) is 2.77. The van der Waals surface area contributed by atoms with E-state index in [0.29, 0.717) is 16.4 Å². The van der Waals surface area contributed by atoms with Crippen molar-refractivity contribution in [3.8, 4) is 11.9 Å². The van der Waals surface area contributed by atoms with Crippen molar-refractivity contribution in [2.75, 3.05) is 12.4 Å². The summed E-state index contributed by atoms with van der Waals surface area (Å²) in [6.45, 7) is 0.